The second-order valence-corrected chi connectivity index (χ2v) is 23.8. The molecule has 4 aliphatic rings. The summed E-state index contributed by atoms with van der Waals surface area (Å²) >= 11 is 1.93. The summed E-state index contributed by atoms with van der Waals surface area (Å²) in [6, 6.07) is 46.2. The zero-order valence-electron chi connectivity index (χ0n) is 39.2. The summed E-state index contributed by atoms with van der Waals surface area (Å²) in [5.74, 6) is 1.94. The predicted octanol–water partition coefficient (Wildman–Crippen LogP) is 14.8. The molecule has 3 heterocycles. The summed E-state index contributed by atoms with van der Waals surface area (Å²) in [5, 5.41) is 1.20. The van der Waals surface area contributed by atoms with Gasteiger partial charge in [-0.25, -0.2) is 0 Å². The molecule has 0 spiro atoms. The highest BCUT2D eigenvalue weighted by atomic mass is 32.1. The Balaban J connectivity index is 1.26. The van der Waals surface area contributed by atoms with E-state index in [1.165, 1.54) is 89.9 Å². The molecule has 2 aliphatic carbocycles. The first-order valence-electron chi connectivity index (χ1n) is 23.3. The minimum atomic E-state index is 0.00979. The fourth-order valence-corrected chi connectivity index (χ4v) is 12.7. The van der Waals surface area contributed by atoms with Crippen LogP contribution in [-0.4, -0.2) is 6.71 Å². The molecular formula is C58H61BN2OS. The van der Waals surface area contributed by atoms with E-state index in [4.69, 9.17) is 4.74 Å². The van der Waals surface area contributed by atoms with Gasteiger partial charge < -0.3 is 14.5 Å². The third-order valence-electron chi connectivity index (χ3n) is 15.6. The number of thiophene rings is 1. The Bertz CT molecular complexity index is 2950. The minimum absolute atomic E-state index is 0.00979. The lowest BCUT2D eigenvalue weighted by atomic mass is 9.36. The minimum Gasteiger partial charge on any atom is -0.457 e. The van der Waals surface area contributed by atoms with Gasteiger partial charge in [0.25, 0.3) is 6.71 Å². The highest BCUT2D eigenvalue weighted by Gasteiger charge is 2.48. The van der Waals surface area contributed by atoms with Gasteiger partial charge in [0.1, 0.15) is 11.5 Å². The number of para-hydroxylation sites is 2. The summed E-state index contributed by atoms with van der Waals surface area (Å²) < 4.78 is 10.1. The van der Waals surface area contributed by atoms with Crippen LogP contribution in [0.5, 0.6) is 11.5 Å². The highest BCUT2D eigenvalue weighted by Crippen LogP contribution is 2.53. The molecule has 3 nitrogen and oxygen atoms in total. The van der Waals surface area contributed by atoms with E-state index in [0.717, 1.165) is 35.0 Å². The van der Waals surface area contributed by atoms with Crippen LogP contribution in [0.2, 0.25) is 0 Å². The van der Waals surface area contributed by atoms with Crippen LogP contribution in [0.3, 0.4) is 0 Å². The number of hydrogen-bond acceptors (Lipinski definition) is 4. The molecule has 0 bridgehead atoms. The van der Waals surface area contributed by atoms with Crippen molar-refractivity contribution in [1.29, 1.82) is 0 Å². The first kappa shape index (κ1) is 40.5. The number of nitrogens with zero attached hydrogens (tertiary/aromatic N) is 2. The van der Waals surface area contributed by atoms with E-state index in [9.17, 15) is 0 Å². The Morgan fingerprint density at radius 3 is 1.75 bits per heavy atom. The SMILES string of the molecule is CC(C)(C)c1ccc2c3c(sc2c1)B1c2cc4c(cc2N(c2ccc5c(c2)C(C)(C)CCC5(C)C)c2cc(N(c5ccccc5)c5ccccc5)cc(c21)O3)C(C)(C)CCC4(C)C. The molecule has 5 heteroatoms. The maximum Gasteiger partial charge on any atom is 0.268 e. The summed E-state index contributed by atoms with van der Waals surface area (Å²) in [7, 11) is 0. The monoisotopic (exact) mass is 844 g/mol. The standard InChI is InChI=1S/C58H61BN2OS/c1-54(2,3)36-22-24-41-50(30-36)63-53-52(41)62-49-33-40(60(37-18-14-12-15-19-37)38-20-16-13-17-21-38)32-48-51(49)59(53)46-34-44-45(58(10,11)29-28-57(44,8)9)35-47(46)61(48)39-23-25-42-43(31-39)56(6,7)27-26-55(42,4)5/h12-25,30-35H,26-29H2,1-11H3. The molecule has 2 aliphatic heterocycles. The van der Waals surface area contributed by atoms with Crippen molar-refractivity contribution in [3.63, 3.8) is 0 Å². The second-order valence-electron chi connectivity index (χ2n) is 22.7. The third kappa shape index (κ3) is 6.27. The van der Waals surface area contributed by atoms with Gasteiger partial charge in [0.15, 0.2) is 0 Å². The Labute approximate surface area is 380 Å². The molecule has 6 aromatic carbocycles. The van der Waals surface area contributed by atoms with E-state index in [2.05, 4.69) is 207 Å². The molecule has 0 N–H and O–H groups in total. The Morgan fingerprint density at radius 2 is 1.14 bits per heavy atom. The molecule has 0 saturated heterocycles. The average molecular weight is 845 g/mol. The first-order chi connectivity index (χ1) is 29.8. The number of hydrogen-bond donors (Lipinski definition) is 0. The van der Waals surface area contributed by atoms with Crippen LogP contribution < -0.4 is 30.2 Å². The fourth-order valence-electron chi connectivity index (χ4n) is 11.4. The lowest BCUT2D eigenvalue weighted by molar-refractivity contribution is 0.332. The molecule has 63 heavy (non-hydrogen) atoms. The smallest absolute Gasteiger partial charge is 0.268 e. The van der Waals surface area contributed by atoms with Crippen molar-refractivity contribution in [2.75, 3.05) is 9.80 Å². The summed E-state index contributed by atoms with van der Waals surface area (Å²) in [4.78, 5) is 5.04. The van der Waals surface area contributed by atoms with Crippen molar-refractivity contribution in [2.24, 2.45) is 0 Å². The van der Waals surface area contributed by atoms with E-state index >= 15 is 0 Å². The van der Waals surface area contributed by atoms with Gasteiger partial charge in [-0.3, -0.25) is 0 Å². The molecule has 7 aromatic rings. The Kier molecular flexibility index (Phi) is 8.76. The molecule has 0 amide bonds. The largest absolute Gasteiger partial charge is 0.457 e. The van der Waals surface area contributed by atoms with Crippen LogP contribution in [0.15, 0.2) is 121 Å². The molecule has 318 valence electrons. The zero-order valence-corrected chi connectivity index (χ0v) is 40.0. The van der Waals surface area contributed by atoms with Crippen LogP contribution in [0.25, 0.3) is 10.1 Å². The van der Waals surface area contributed by atoms with Crippen LogP contribution in [0.4, 0.5) is 34.1 Å². The normalized spacial score (nSPS) is 18.4. The van der Waals surface area contributed by atoms with Gasteiger partial charge in [-0.15, -0.1) is 11.3 Å². The van der Waals surface area contributed by atoms with Crippen molar-refractivity contribution in [3.05, 3.63) is 149 Å². The van der Waals surface area contributed by atoms with Crippen molar-refractivity contribution < 1.29 is 4.74 Å². The molecule has 0 unspecified atom stereocenters. The highest BCUT2D eigenvalue weighted by molar-refractivity contribution is 7.33. The van der Waals surface area contributed by atoms with Crippen molar-refractivity contribution in [3.8, 4) is 11.5 Å². The van der Waals surface area contributed by atoms with E-state index in [1.807, 2.05) is 11.3 Å². The number of ether oxygens (including phenoxy) is 1. The first-order valence-corrected chi connectivity index (χ1v) is 24.1. The maximum absolute atomic E-state index is 7.46. The van der Waals surface area contributed by atoms with Crippen molar-refractivity contribution >= 4 is 78.0 Å². The van der Waals surface area contributed by atoms with Crippen LogP contribution in [0, 0.1) is 0 Å². The van der Waals surface area contributed by atoms with Crippen LogP contribution >= 0.6 is 11.3 Å². The summed E-state index contributed by atoms with van der Waals surface area (Å²) in [5.41, 5.74) is 17.2. The van der Waals surface area contributed by atoms with Gasteiger partial charge in [-0.2, -0.15) is 0 Å². The van der Waals surface area contributed by atoms with Gasteiger partial charge in [-0.05, 0) is 152 Å². The van der Waals surface area contributed by atoms with Gasteiger partial charge >= 0.3 is 0 Å². The van der Waals surface area contributed by atoms with Crippen molar-refractivity contribution in [2.45, 2.75) is 129 Å². The topological polar surface area (TPSA) is 15.7 Å². The van der Waals surface area contributed by atoms with E-state index in [-0.39, 0.29) is 33.8 Å². The van der Waals surface area contributed by atoms with E-state index in [0.29, 0.717) is 0 Å². The van der Waals surface area contributed by atoms with Gasteiger partial charge in [0.2, 0.25) is 0 Å². The number of anilines is 6. The Morgan fingerprint density at radius 1 is 0.571 bits per heavy atom. The maximum atomic E-state index is 7.46. The average Bonchev–Trinajstić information content (AvgIpc) is 3.62. The number of fused-ring (bicyclic) bond motifs is 8. The van der Waals surface area contributed by atoms with Crippen LogP contribution in [-0.2, 0) is 27.1 Å². The molecule has 0 fully saturated rings. The third-order valence-corrected chi connectivity index (χ3v) is 16.8. The zero-order chi connectivity index (χ0) is 44.0. The molecule has 0 saturated carbocycles. The van der Waals surface area contributed by atoms with E-state index in [1.54, 1.807) is 0 Å². The predicted molar refractivity (Wildman–Crippen MR) is 272 cm³/mol. The number of benzene rings is 6. The molecule has 0 atom stereocenters. The number of rotatable bonds is 4. The molecular weight excluding hydrogens is 784 g/mol. The molecule has 11 rings (SSSR count). The Hall–Kier alpha value is -5.26. The second kappa shape index (κ2) is 13.6. The van der Waals surface area contributed by atoms with Crippen molar-refractivity contribution in [1.82, 2.24) is 0 Å². The summed E-state index contributed by atoms with van der Waals surface area (Å²) in [6.07, 6.45) is 4.69. The van der Waals surface area contributed by atoms with Crippen LogP contribution in [0.1, 0.15) is 130 Å². The summed E-state index contributed by atoms with van der Waals surface area (Å²) in [6.45, 7) is 26.6. The lowest BCUT2D eigenvalue weighted by Crippen LogP contribution is -2.59. The quantitative estimate of drug-likeness (QED) is 0.164. The van der Waals surface area contributed by atoms with Gasteiger partial charge in [0.05, 0.1) is 5.69 Å². The van der Waals surface area contributed by atoms with Gasteiger partial charge in [0, 0.05) is 49.4 Å². The van der Waals surface area contributed by atoms with Gasteiger partial charge in [-0.1, -0.05) is 131 Å². The molecule has 0 radical (unpaired) electrons. The fraction of sp³-hybridized carbons (Fsp3) is 0.345. The van der Waals surface area contributed by atoms with E-state index < -0.39 is 0 Å². The lowest BCUT2D eigenvalue weighted by Gasteiger charge is -2.46. The molecule has 1 aromatic heterocycles.